The van der Waals surface area contributed by atoms with Gasteiger partial charge in [-0.25, -0.2) is 0 Å². The van der Waals surface area contributed by atoms with Crippen molar-refractivity contribution in [3.05, 3.63) is 145 Å². The average Bonchev–Trinajstić information content (AvgIpc) is 3.27. The summed E-state index contributed by atoms with van der Waals surface area (Å²) in [7, 11) is 0. The van der Waals surface area contributed by atoms with E-state index in [-0.39, 0.29) is 25.9 Å². The molecule has 1 aliphatic carbocycles. The fourth-order valence-electron chi connectivity index (χ4n) is 4.61. The summed E-state index contributed by atoms with van der Waals surface area (Å²) in [5.74, 6) is 0.104. The molecule has 0 aliphatic heterocycles. The number of hydrogen-bond acceptors (Lipinski definition) is 3. The monoisotopic (exact) mass is 653 g/mol. The molecule has 0 bridgehead atoms. The molecule has 1 aliphatic rings. The first-order chi connectivity index (χ1) is 17.8. The molecule has 2 heterocycles. The molecule has 0 amide bonds. The van der Waals surface area contributed by atoms with Crippen LogP contribution in [0.4, 0.5) is 0 Å². The Balaban J connectivity index is 0.000000183. The molecule has 0 spiro atoms. The summed E-state index contributed by atoms with van der Waals surface area (Å²) in [6.45, 7) is 0. The number of rotatable bonds is 2. The third-order valence-corrected chi connectivity index (χ3v) is 6.25. The van der Waals surface area contributed by atoms with Crippen molar-refractivity contribution in [3.8, 4) is 33.6 Å². The van der Waals surface area contributed by atoms with Crippen molar-refractivity contribution in [2.24, 2.45) is 0 Å². The van der Waals surface area contributed by atoms with Gasteiger partial charge in [-0.1, -0.05) is 48.5 Å². The van der Waals surface area contributed by atoms with Gasteiger partial charge in [-0.3, -0.25) is 4.79 Å². The molecule has 0 N–H and O–H groups in total. The van der Waals surface area contributed by atoms with E-state index in [0.717, 1.165) is 55.5 Å². The van der Waals surface area contributed by atoms with Gasteiger partial charge in [0.15, 0.2) is 5.78 Å². The second-order valence-electron chi connectivity index (χ2n) is 8.38. The maximum absolute atomic E-state index is 12.7. The van der Waals surface area contributed by atoms with Crippen LogP contribution in [0.3, 0.4) is 0 Å². The first-order valence-corrected chi connectivity index (χ1v) is 11.7. The summed E-state index contributed by atoms with van der Waals surface area (Å²) < 4.78 is 0. The van der Waals surface area contributed by atoms with Crippen molar-refractivity contribution < 1.29 is 24.9 Å². The van der Waals surface area contributed by atoms with Crippen LogP contribution in [0.5, 0.6) is 0 Å². The van der Waals surface area contributed by atoms with E-state index < -0.39 is 0 Å². The Morgan fingerprint density at radius 2 is 1.24 bits per heavy atom. The molecule has 0 saturated heterocycles. The SMILES string of the molecule is O=C1c2ccccc2-c2c1ccc1c(-c3[c-]cccc3)nccc21.[Ir].[c-]1ccccc1-c1ccccn1. The number of carbonyl (C=O) groups excluding carboxylic acids is 1. The Morgan fingerprint density at radius 3 is 1.95 bits per heavy atom. The van der Waals surface area contributed by atoms with E-state index >= 15 is 0 Å². The number of aromatic nitrogens is 2. The molecule has 0 fully saturated rings. The normalized spacial score (nSPS) is 11.1. The van der Waals surface area contributed by atoms with Crippen LogP contribution in [0.2, 0.25) is 0 Å². The third-order valence-electron chi connectivity index (χ3n) is 6.25. The van der Waals surface area contributed by atoms with Crippen molar-refractivity contribution in [1.82, 2.24) is 9.97 Å². The summed E-state index contributed by atoms with van der Waals surface area (Å²) in [6.07, 6.45) is 3.60. The van der Waals surface area contributed by atoms with Gasteiger partial charge < -0.3 is 9.97 Å². The van der Waals surface area contributed by atoms with E-state index in [2.05, 4.69) is 22.1 Å². The van der Waals surface area contributed by atoms with Crippen molar-refractivity contribution in [1.29, 1.82) is 0 Å². The molecule has 7 rings (SSSR count). The maximum Gasteiger partial charge on any atom is 0.194 e. The summed E-state index contributed by atoms with van der Waals surface area (Å²) >= 11 is 0. The van der Waals surface area contributed by atoms with Gasteiger partial charge in [-0.05, 0) is 39.9 Å². The van der Waals surface area contributed by atoms with Crippen LogP contribution in [0.1, 0.15) is 15.9 Å². The molecule has 37 heavy (non-hydrogen) atoms. The molecular weight excluding hydrogens is 633 g/mol. The molecule has 0 saturated carbocycles. The van der Waals surface area contributed by atoms with Gasteiger partial charge in [0.2, 0.25) is 0 Å². The number of fused-ring (bicyclic) bond motifs is 5. The zero-order valence-electron chi connectivity index (χ0n) is 19.7. The number of benzene rings is 4. The van der Waals surface area contributed by atoms with Gasteiger partial charge in [0, 0.05) is 49.2 Å². The minimum Gasteiger partial charge on any atom is -0.305 e. The summed E-state index contributed by atoms with van der Waals surface area (Å²) in [4.78, 5) is 21.4. The molecule has 4 aromatic carbocycles. The number of carbonyl (C=O) groups is 1. The molecule has 3 nitrogen and oxygen atoms in total. The molecule has 6 aromatic rings. The Morgan fingerprint density at radius 1 is 0.541 bits per heavy atom. The first kappa shape index (κ1) is 24.5. The quantitative estimate of drug-likeness (QED) is 0.182. The topological polar surface area (TPSA) is 42.9 Å². The van der Waals surface area contributed by atoms with E-state index in [1.54, 1.807) is 6.20 Å². The molecule has 2 aromatic heterocycles. The zero-order valence-corrected chi connectivity index (χ0v) is 22.1. The van der Waals surface area contributed by atoms with Gasteiger partial charge in [0.05, 0.1) is 0 Å². The minimum atomic E-state index is 0. The van der Waals surface area contributed by atoms with E-state index in [1.807, 2.05) is 115 Å². The van der Waals surface area contributed by atoms with Crippen LogP contribution in [-0.2, 0) is 20.1 Å². The van der Waals surface area contributed by atoms with Gasteiger partial charge in [-0.15, -0.1) is 71.8 Å². The number of nitrogens with zero attached hydrogens (tertiary/aromatic N) is 2. The van der Waals surface area contributed by atoms with Gasteiger partial charge >= 0.3 is 0 Å². The van der Waals surface area contributed by atoms with E-state index in [1.165, 1.54) is 0 Å². The van der Waals surface area contributed by atoms with Gasteiger partial charge in [0.25, 0.3) is 0 Å². The first-order valence-electron chi connectivity index (χ1n) is 11.7. The smallest absolute Gasteiger partial charge is 0.194 e. The molecular formula is C33H20IrN2O-2. The Bertz CT molecular complexity index is 1650. The third kappa shape index (κ3) is 4.65. The molecule has 0 atom stereocenters. The van der Waals surface area contributed by atoms with Crippen molar-refractivity contribution in [2.75, 3.05) is 0 Å². The fourth-order valence-corrected chi connectivity index (χ4v) is 4.61. The number of ketones is 1. The Hall–Kier alpha value is -4.24. The van der Waals surface area contributed by atoms with Crippen LogP contribution < -0.4 is 0 Å². The predicted molar refractivity (Wildman–Crippen MR) is 143 cm³/mol. The van der Waals surface area contributed by atoms with Crippen LogP contribution in [0.25, 0.3) is 44.4 Å². The summed E-state index contributed by atoms with van der Waals surface area (Å²) in [5.41, 5.74) is 7.46. The predicted octanol–water partition coefficient (Wildman–Crippen LogP) is 7.46. The maximum atomic E-state index is 12.7. The van der Waals surface area contributed by atoms with Crippen molar-refractivity contribution >= 4 is 16.6 Å². The van der Waals surface area contributed by atoms with Crippen LogP contribution in [-0.4, -0.2) is 15.8 Å². The average molecular weight is 653 g/mol. The molecule has 1 radical (unpaired) electrons. The van der Waals surface area contributed by atoms with Crippen LogP contribution in [0.15, 0.2) is 122 Å². The van der Waals surface area contributed by atoms with Crippen molar-refractivity contribution in [2.45, 2.75) is 0 Å². The Kier molecular flexibility index (Phi) is 7.13. The second kappa shape index (κ2) is 10.8. The second-order valence-corrected chi connectivity index (χ2v) is 8.38. The summed E-state index contributed by atoms with van der Waals surface area (Å²) in [6, 6.07) is 41.6. The van der Waals surface area contributed by atoms with E-state index in [4.69, 9.17) is 0 Å². The standard InChI is InChI=1S/C22H12NO.C11H8N.Ir/c24-22-18-9-5-4-8-15(18)20-16-12-13-23-21(14-6-2-1-3-7-14)17(16)10-11-19(20)22;1-2-6-10(7-3-1)11-8-4-5-9-12-11;/h1-6,8-13H;1-6,8-9H;/q2*-1;. The molecule has 4 heteroatoms. The van der Waals surface area contributed by atoms with Crippen molar-refractivity contribution in [3.63, 3.8) is 0 Å². The van der Waals surface area contributed by atoms with Gasteiger partial charge in [0.1, 0.15) is 0 Å². The van der Waals surface area contributed by atoms with Gasteiger partial charge in [-0.2, -0.15) is 0 Å². The zero-order chi connectivity index (χ0) is 24.3. The van der Waals surface area contributed by atoms with E-state index in [9.17, 15) is 4.79 Å². The molecule has 0 unspecified atom stereocenters. The van der Waals surface area contributed by atoms with E-state index in [0.29, 0.717) is 0 Å². The molecule has 179 valence electrons. The number of hydrogen-bond donors (Lipinski definition) is 0. The summed E-state index contributed by atoms with van der Waals surface area (Å²) in [5, 5.41) is 2.11. The van der Waals surface area contributed by atoms with Crippen LogP contribution >= 0.6 is 0 Å². The Labute approximate surface area is 229 Å². The number of pyridine rings is 2. The largest absolute Gasteiger partial charge is 0.305 e. The minimum absolute atomic E-state index is 0. The fraction of sp³-hybridized carbons (Fsp3) is 0. The van der Waals surface area contributed by atoms with Crippen LogP contribution in [0, 0.1) is 12.1 Å².